The van der Waals surface area contributed by atoms with Gasteiger partial charge in [0.05, 0.1) is 0 Å². The highest BCUT2D eigenvalue weighted by Gasteiger charge is 2.44. The van der Waals surface area contributed by atoms with Gasteiger partial charge < -0.3 is 10.5 Å². The lowest BCUT2D eigenvalue weighted by molar-refractivity contribution is -0.0312. The number of benzene rings is 1. The maximum atomic E-state index is 6.44. The molecule has 104 valence electrons. The maximum Gasteiger partial charge on any atom is 0.126 e. The van der Waals surface area contributed by atoms with Crippen molar-refractivity contribution in [1.29, 1.82) is 0 Å². The monoisotopic (exact) mass is 323 g/mol. The summed E-state index contributed by atoms with van der Waals surface area (Å²) in [7, 11) is 0. The van der Waals surface area contributed by atoms with Crippen LogP contribution in [0, 0.1) is 11.8 Å². The van der Waals surface area contributed by atoms with Gasteiger partial charge in [0.15, 0.2) is 0 Å². The fourth-order valence-electron chi connectivity index (χ4n) is 4.15. The predicted octanol–water partition coefficient (Wildman–Crippen LogP) is 4.43. The molecule has 1 fully saturated rings. The van der Waals surface area contributed by atoms with Gasteiger partial charge in [-0.25, -0.2) is 0 Å². The quantitative estimate of drug-likeness (QED) is 0.766. The van der Waals surface area contributed by atoms with Crippen molar-refractivity contribution in [2.75, 3.05) is 0 Å². The van der Waals surface area contributed by atoms with Gasteiger partial charge in [-0.1, -0.05) is 35.8 Å². The standard InChI is InChI=1S/C16H22BrNO/c1-10-5-11(2)8-16(7-10)9-14(18)13-4-3-12(17)6-15(13)19-16/h3-4,6,10-11,14H,5,7-9,18H2,1-2H3. The second kappa shape index (κ2) is 4.78. The molecule has 0 radical (unpaired) electrons. The van der Waals surface area contributed by atoms with E-state index in [4.69, 9.17) is 10.5 Å². The van der Waals surface area contributed by atoms with Crippen LogP contribution in [0.5, 0.6) is 5.75 Å². The smallest absolute Gasteiger partial charge is 0.126 e. The van der Waals surface area contributed by atoms with Crippen LogP contribution >= 0.6 is 15.9 Å². The molecule has 2 aliphatic rings. The molecule has 3 atom stereocenters. The Labute approximate surface area is 123 Å². The molecule has 1 aliphatic carbocycles. The largest absolute Gasteiger partial charge is 0.487 e. The minimum absolute atomic E-state index is 0.0374. The number of fused-ring (bicyclic) bond motifs is 1. The van der Waals surface area contributed by atoms with Gasteiger partial charge in [-0.15, -0.1) is 0 Å². The Morgan fingerprint density at radius 1 is 1.21 bits per heavy atom. The number of ether oxygens (including phenoxy) is 1. The van der Waals surface area contributed by atoms with E-state index in [-0.39, 0.29) is 11.6 Å². The molecule has 0 saturated heterocycles. The van der Waals surface area contributed by atoms with Crippen molar-refractivity contribution in [3.63, 3.8) is 0 Å². The van der Waals surface area contributed by atoms with Gasteiger partial charge in [0.1, 0.15) is 11.4 Å². The zero-order chi connectivity index (χ0) is 13.6. The van der Waals surface area contributed by atoms with E-state index in [0.29, 0.717) is 0 Å². The summed E-state index contributed by atoms with van der Waals surface area (Å²) in [5, 5.41) is 0. The molecule has 2 nitrogen and oxygen atoms in total. The second-order valence-corrected chi connectivity index (χ2v) is 7.55. The van der Waals surface area contributed by atoms with Gasteiger partial charge in [0, 0.05) is 22.5 Å². The molecule has 1 heterocycles. The number of hydrogen-bond acceptors (Lipinski definition) is 2. The van der Waals surface area contributed by atoms with Crippen molar-refractivity contribution in [2.24, 2.45) is 17.6 Å². The first-order valence-electron chi connectivity index (χ1n) is 7.21. The van der Waals surface area contributed by atoms with Crippen molar-refractivity contribution >= 4 is 15.9 Å². The lowest BCUT2D eigenvalue weighted by Crippen LogP contribution is -2.48. The number of hydrogen-bond donors (Lipinski definition) is 1. The Hall–Kier alpha value is -0.540. The molecule has 1 aliphatic heterocycles. The summed E-state index contributed by atoms with van der Waals surface area (Å²) < 4.78 is 7.50. The molecule has 19 heavy (non-hydrogen) atoms. The fraction of sp³-hybridized carbons (Fsp3) is 0.625. The number of nitrogens with two attached hydrogens (primary N) is 1. The molecule has 0 aromatic heterocycles. The Bertz CT molecular complexity index is 478. The third kappa shape index (κ3) is 2.55. The highest BCUT2D eigenvalue weighted by Crippen LogP contribution is 2.48. The van der Waals surface area contributed by atoms with Crippen LogP contribution < -0.4 is 10.5 Å². The minimum Gasteiger partial charge on any atom is -0.487 e. The molecule has 3 rings (SSSR count). The van der Waals surface area contributed by atoms with E-state index in [9.17, 15) is 0 Å². The third-order valence-corrected chi connectivity index (χ3v) is 5.03. The Kier molecular flexibility index (Phi) is 3.38. The van der Waals surface area contributed by atoms with Crippen LogP contribution in [0.25, 0.3) is 0 Å². The lowest BCUT2D eigenvalue weighted by atomic mass is 9.69. The fourth-order valence-corrected chi connectivity index (χ4v) is 4.49. The predicted molar refractivity (Wildman–Crippen MR) is 81.2 cm³/mol. The first kappa shape index (κ1) is 13.4. The molecule has 2 N–H and O–H groups in total. The van der Waals surface area contributed by atoms with Gasteiger partial charge >= 0.3 is 0 Å². The van der Waals surface area contributed by atoms with E-state index in [0.717, 1.165) is 46.9 Å². The van der Waals surface area contributed by atoms with Crippen molar-refractivity contribution in [1.82, 2.24) is 0 Å². The summed E-state index contributed by atoms with van der Waals surface area (Å²) in [5.41, 5.74) is 7.51. The zero-order valence-corrected chi connectivity index (χ0v) is 13.2. The molecule has 1 spiro atoms. The lowest BCUT2D eigenvalue weighted by Gasteiger charge is -2.47. The first-order chi connectivity index (χ1) is 8.97. The van der Waals surface area contributed by atoms with E-state index in [1.165, 1.54) is 6.42 Å². The summed E-state index contributed by atoms with van der Waals surface area (Å²) in [4.78, 5) is 0. The minimum atomic E-state index is -0.0374. The average Bonchev–Trinajstić information content (AvgIpc) is 2.25. The van der Waals surface area contributed by atoms with Gasteiger partial charge in [-0.2, -0.15) is 0 Å². The van der Waals surface area contributed by atoms with E-state index < -0.39 is 0 Å². The van der Waals surface area contributed by atoms with E-state index >= 15 is 0 Å². The summed E-state index contributed by atoms with van der Waals surface area (Å²) >= 11 is 3.53. The Morgan fingerprint density at radius 2 is 1.89 bits per heavy atom. The van der Waals surface area contributed by atoms with Crippen molar-refractivity contribution < 1.29 is 4.74 Å². The van der Waals surface area contributed by atoms with E-state index in [2.05, 4.69) is 41.9 Å². The van der Waals surface area contributed by atoms with Crippen LogP contribution in [0.3, 0.4) is 0 Å². The molecule has 1 aromatic carbocycles. The average molecular weight is 324 g/mol. The van der Waals surface area contributed by atoms with Crippen molar-refractivity contribution in [3.05, 3.63) is 28.2 Å². The molecule has 3 heteroatoms. The van der Waals surface area contributed by atoms with Gasteiger partial charge in [0.2, 0.25) is 0 Å². The van der Waals surface area contributed by atoms with Crippen LogP contribution in [-0.2, 0) is 0 Å². The Balaban J connectivity index is 1.95. The summed E-state index contributed by atoms with van der Waals surface area (Å²) in [6, 6.07) is 6.31. The molecule has 1 aromatic rings. The molecule has 3 unspecified atom stereocenters. The SMILES string of the molecule is CC1CC(C)CC2(C1)CC(N)c1ccc(Br)cc1O2. The van der Waals surface area contributed by atoms with Crippen LogP contribution in [0.1, 0.15) is 51.1 Å². The van der Waals surface area contributed by atoms with E-state index in [1.807, 2.05) is 6.07 Å². The molecule has 1 saturated carbocycles. The van der Waals surface area contributed by atoms with Gasteiger partial charge in [-0.05, 0) is 43.2 Å². The number of halogens is 1. The summed E-state index contributed by atoms with van der Waals surface area (Å²) in [5.74, 6) is 2.43. The maximum absolute atomic E-state index is 6.44. The van der Waals surface area contributed by atoms with Crippen LogP contribution in [0.2, 0.25) is 0 Å². The van der Waals surface area contributed by atoms with Crippen molar-refractivity contribution in [2.45, 2.75) is 51.2 Å². The highest BCUT2D eigenvalue weighted by atomic mass is 79.9. The zero-order valence-electron chi connectivity index (χ0n) is 11.7. The first-order valence-corrected chi connectivity index (χ1v) is 8.01. The molecular formula is C16H22BrNO. The van der Waals surface area contributed by atoms with Gasteiger partial charge in [0.25, 0.3) is 0 Å². The normalized spacial score (nSPS) is 37.8. The second-order valence-electron chi connectivity index (χ2n) is 6.63. The van der Waals surface area contributed by atoms with Gasteiger partial charge in [-0.3, -0.25) is 0 Å². The van der Waals surface area contributed by atoms with Crippen LogP contribution in [0.15, 0.2) is 22.7 Å². The Morgan fingerprint density at radius 3 is 2.58 bits per heavy atom. The molecule has 0 amide bonds. The molecule has 0 bridgehead atoms. The topological polar surface area (TPSA) is 35.2 Å². The summed E-state index contributed by atoms with van der Waals surface area (Å²) in [6.07, 6.45) is 4.54. The van der Waals surface area contributed by atoms with Crippen LogP contribution in [-0.4, -0.2) is 5.60 Å². The summed E-state index contributed by atoms with van der Waals surface area (Å²) in [6.45, 7) is 4.67. The van der Waals surface area contributed by atoms with E-state index in [1.54, 1.807) is 0 Å². The third-order valence-electron chi connectivity index (χ3n) is 4.54. The highest BCUT2D eigenvalue weighted by molar-refractivity contribution is 9.10. The number of rotatable bonds is 0. The molecular weight excluding hydrogens is 302 g/mol. The van der Waals surface area contributed by atoms with Crippen molar-refractivity contribution in [3.8, 4) is 5.75 Å². The van der Waals surface area contributed by atoms with Crippen LogP contribution in [0.4, 0.5) is 0 Å².